The van der Waals surface area contributed by atoms with Crippen LogP contribution in [-0.2, 0) is 13.0 Å². The molecule has 1 aromatic carbocycles. The zero-order valence-corrected chi connectivity index (χ0v) is 13.9. The number of rotatable bonds is 5. The van der Waals surface area contributed by atoms with Crippen LogP contribution in [0.2, 0.25) is 0 Å². The summed E-state index contributed by atoms with van der Waals surface area (Å²) in [6.07, 6.45) is 4.42. The van der Waals surface area contributed by atoms with Gasteiger partial charge < -0.3 is 5.32 Å². The molecule has 0 aliphatic carbocycles. The van der Waals surface area contributed by atoms with Gasteiger partial charge in [-0.3, -0.25) is 14.5 Å². The Morgan fingerprint density at radius 3 is 2.70 bits per heavy atom. The Balaban J connectivity index is 1.58. The van der Waals surface area contributed by atoms with Crippen LogP contribution < -0.4 is 5.32 Å². The molecule has 0 aliphatic rings. The summed E-state index contributed by atoms with van der Waals surface area (Å²) in [5, 5.41) is 7.15. The number of hydrogen-bond acceptors (Lipinski definition) is 3. The molecule has 0 fully saturated rings. The highest BCUT2D eigenvalue weighted by Gasteiger charge is 2.08. The lowest BCUT2D eigenvalue weighted by Gasteiger charge is -2.03. The van der Waals surface area contributed by atoms with Crippen molar-refractivity contribution < 1.29 is 4.79 Å². The number of aryl methyl sites for hydroxylation is 2. The van der Waals surface area contributed by atoms with E-state index >= 15 is 0 Å². The first-order valence-corrected chi connectivity index (χ1v) is 8.00. The van der Waals surface area contributed by atoms with E-state index in [0.717, 1.165) is 16.6 Å². The minimum Gasteiger partial charge on any atom is -0.305 e. The topological polar surface area (TPSA) is 59.8 Å². The third-order valence-corrected chi connectivity index (χ3v) is 3.84. The lowest BCUT2D eigenvalue weighted by atomic mass is 10.2. The van der Waals surface area contributed by atoms with Crippen LogP contribution in [-0.4, -0.2) is 20.7 Å². The summed E-state index contributed by atoms with van der Waals surface area (Å²) in [5.74, 6) is 0.367. The van der Waals surface area contributed by atoms with Gasteiger partial charge in [-0.1, -0.05) is 22.0 Å². The Bertz CT molecular complexity index is 784. The van der Waals surface area contributed by atoms with E-state index in [2.05, 4.69) is 31.3 Å². The number of nitrogens with zero attached hydrogens (tertiary/aromatic N) is 3. The quantitative estimate of drug-likeness (QED) is 0.747. The average molecular weight is 371 g/mol. The van der Waals surface area contributed by atoms with Crippen molar-refractivity contribution in [3.8, 4) is 0 Å². The summed E-state index contributed by atoms with van der Waals surface area (Å²) in [6, 6.07) is 14.8. The smallest absolute Gasteiger partial charge is 0.256 e. The van der Waals surface area contributed by atoms with Crippen molar-refractivity contribution >= 4 is 27.7 Å². The van der Waals surface area contributed by atoms with Crippen LogP contribution in [0.5, 0.6) is 0 Å². The normalized spacial score (nSPS) is 10.5. The molecule has 1 N–H and O–H groups in total. The van der Waals surface area contributed by atoms with Crippen LogP contribution in [0.1, 0.15) is 16.1 Å². The molecule has 23 heavy (non-hydrogen) atoms. The second-order valence-electron chi connectivity index (χ2n) is 5.00. The molecular formula is C17H15BrN4O. The first-order valence-electron chi connectivity index (χ1n) is 7.21. The largest absolute Gasteiger partial charge is 0.305 e. The standard InChI is InChI=1S/C17H15BrN4O/c18-14-6-4-13(5-7-14)17(23)20-16-9-12-22(21-16)11-8-15-3-1-2-10-19-15/h1-7,9-10,12H,8,11H2,(H,20,21,23). The highest BCUT2D eigenvalue weighted by Crippen LogP contribution is 2.12. The van der Waals surface area contributed by atoms with Crippen LogP contribution in [0.25, 0.3) is 0 Å². The van der Waals surface area contributed by atoms with Crippen molar-refractivity contribution in [2.75, 3.05) is 5.32 Å². The van der Waals surface area contributed by atoms with Crippen molar-refractivity contribution in [2.45, 2.75) is 13.0 Å². The minimum atomic E-state index is -0.174. The van der Waals surface area contributed by atoms with Gasteiger partial charge in [0, 0.05) is 47.2 Å². The van der Waals surface area contributed by atoms with Gasteiger partial charge in [-0.05, 0) is 36.4 Å². The van der Waals surface area contributed by atoms with Gasteiger partial charge in [-0.2, -0.15) is 5.10 Å². The number of carbonyl (C=O) groups excluding carboxylic acids is 1. The van der Waals surface area contributed by atoms with Gasteiger partial charge in [0.15, 0.2) is 5.82 Å². The Hall–Kier alpha value is -2.47. The Labute approximate surface area is 142 Å². The van der Waals surface area contributed by atoms with Crippen LogP contribution in [0.3, 0.4) is 0 Å². The van der Waals surface area contributed by atoms with Crippen LogP contribution in [0, 0.1) is 0 Å². The molecule has 116 valence electrons. The van der Waals surface area contributed by atoms with Crippen molar-refractivity contribution in [3.05, 3.63) is 76.7 Å². The average Bonchev–Trinajstić information content (AvgIpc) is 3.02. The van der Waals surface area contributed by atoms with E-state index < -0.39 is 0 Å². The summed E-state index contributed by atoms with van der Waals surface area (Å²) in [7, 11) is 0. The fourth-order valence-electron chi connectivity index (χ4n) is 2.12. The molecule has 0 aliphatic heterocycles. The van der Waals surface area contributed by atoms with Crippen molar-refractivity contribution in [1.82, 2.24) is 14.8 Å². The molecule has 1 amide bonds. The van der Waals surface area contributed by atoms with E-state index in [9.17, 15) is 4.79 Å². The highest BCUT2D eigenvalue weighted by atomic mass is 79.9. The number of aromatic nitrogens is 3. The summed E-state index contributed by atoms with van der Waals surface area (Å²) in [4.78, 5) is 16.4. The van der Waals surface area contributed by atoms with Gasteiger partial charge >= 0.3 is 0 Å². The van der Waals surface area contributed by atoms with Gasteiger partial charge in [0.2, 0.25) is 0 Å². The van der Waals surface area contributed by atoms with Crippen molar-refractivity contribution in [2.24, 2.45) is 0 Å². The van der Waals surface area contributed by atoms with Gasteiger partial charge in [-0.15, -0.1) is 0 Å². The Morgan fingerprint density at radius 2 is 1.96 bits per heavy atom. The van der Waals surface area contributed by atoms with Gasteiger partial charge in [0.05, 0.1) is 0 Å². The van der Waals surface area contributed by atoms with Gasteiger partial charge in [0.25, 0.3) is 5.91 Å². The SMILES string of the molecule is O=C(Nc1ccn(CCc2ccccn2)n1)c1ccc(Br)cc1. The fourth-order valence-corrected chi connectivity index (χ4v) is 2.38. The minimum absolute atomic E-state index is 0.174. The molecule has 0 unspecified atom stereocenters. The van der Waals surface area contributed by atoms with E-state index in [-0.39, 0.29) is 5.91 Å². The van der Waals surface area contributed by atoms with Crippen LogP contribution in [0.4, 0.5) is 5.82 Å². The number of carbonyl (C=O) groups is 1. The fraction of sp³-hybridized carbons (Fsp3) is 0.118. The molecule has 6 heteroatoms. The molecule has 0 saturated heterocycles. The second kappa shape index (κ2) is 7.19. The number of halogens is 1. The number of hydrogen-bond donors (Lipinski definition) is 1. The molecule has 0 saturated carbocycles. The molecular weight excluding hydrogens is 356 g/mol. The lowest BCUT2D eigenvalue weighted by Crippen LogP contribution is -2.12. The Kier molecular flexibility index (Phi) is 4.83. The molecule has 3 aromatic rings. The maximum absolute atomic E-state index is 12.1. The van der Waals surface area contributed by atoms with E-state index in [1.807, 2.05) is 36.5 Å². The monoisotopic (exact) mass is 370 g/mol. The number of pyridine rings is 1. The zero-order chi connectivity index (χ0) is 16.1. The maximum atomic E-state index is 12.1. The third-order valence-electron chi connectivity index (χ3n) is 3.31. The highest BCUT2D eigenvalue weighted by molar-refractivity contribution is 9.10. The second-order valence-corrected chi connectivity index (χ2v) is 5.91. The van der Waals surface area contributed by atoms with E-state index in [4.69, 9.17) is 0 Å². The lowest BCUT2D eigenvalue weighted by molar-refractivity contribution is 0.102. The Morgan fingerprint density at radius 1 is 1.13 bits per heavy atom. The zero-order valence-electron chi connectivity index (χ0n) is 12.3. The predicted molar refractivity (Wildman–Crippen MR) is 92.3 cm³/mol. The molecule has 0 bridgehead atoms. The van der Waals surface area contributed by atoms with Crippen LogP contribution >= 0.6 is 15.9 Å². The molecule has 0 atom stereocenters. The summed E-state index contributed by atoms with van der Waals surface area (Å²) in [5.41, 5.74) is 1.61. The number of nitrogens with one attached hydrogen (secondary N) is 1. The summed E-state index contributed by atoms with van der Waals surface area (Å²) < 4.78 is 2.74. The molecule has 0 spiro atoms. The molecule has 3 rings (SSSR count). The van der Waals surface area contributed by atoms with E-state index in [0.29, 0.717) is 17.9 Å². The van der Waals surface area contributed by atoms with E-state index in [1.54, 1.807) is 29.1 Å². The van der Waals surface area contributed by atoms with Gasteiger partial charge in [0.1, 0.15) is 0 Å². The number of amides is 1. The maximum Gasteiger partial charge on any atom is 0.256 e. The first-order chi connectivity index (χ1) is 11.2. The molecule has 2 aromatic heterocycles. The summed E-state index contributed by atoms with van der Waals surface area (Å²) >= 11 is 3.35. The third kappa shape index (κ3) is 4.26. The van der Waals surface area contributed by atoms with Crippen molar-refractivity contribution in [3.63, 3.8) is 0 Å². The van der Waals surface area contributed by atoms with Crippen molar-refractivity contribution in [1.29, 1.82) is 0 Å². The number of benzene rings is 1. The first kappa shape index (κ1) is 15.4. The molecule has 5 nitrogen and oxygen atoms in total. The van der Waals surface area contributed by atoms with E-state index in [1.165, 1.54) is 0 Å². The summed E-state index contributed by atoms with van der Waals surface area (Å²) in [6.45, 7) is 0.713. The molecule has 2 heterocycles. The number of anilines is 1. The molecule has 0 radical (unpaired) electrons. The van der Waals surface area contributed by atoms with Crippen LogP contribution in [0.15, 0.2) is 65.4 Å². The predicted octanol–water partition coefficient (Wildman–Crippen LogP) is 3.54. The van der Waals surface area contributed by atoms with Gasteiger partial charge in [-0.25, -0.2) is 0 Å².